The zero-order valence-electron chi connectivity index (χ0n) is 19.8. The lowest BCUT2D eigenvalue weighted by molar-refractivity contribution is -0.138. The van der Waals surface area contributed by atoms with Gasteiger partial charge < -0.3 is 20.1 Å². The number of nitrogens with zero attached hydrogens (tertiary/aromatic N) is 2. The van der Waals surface area contributed by atoms with E-state index in [4.69, 9.17) is 16.3 Å². The molecule has 3 aromatic rings. The number of carboxylic acids is 1. The van der Waals surface area contributed by atoms with E-state index in [1.54, 1.807) is 12.1 Å². The quantitative estimate of drug-likeness (QED) is 0.265. The van der Waals surface area contributed by atoms with Gasteiger partial charge in [0.15, 0.2) is 23.3 Å². The third-order valence-corrected chi connectivity index (χ3v) is 6.13. The van der Waals surface area contributed by atoms with Gasteiger partial charge in [-0.25, -0.2) is 8.78 Å². The van der Waals surface area contributed by atoms with Crippen LogP contribution in [0.5, 0.6) is 17.5 Å². The molecule has 0 saturated carbocycles. The predicted molar refractivity (Wildman–Crippen MR) is 131 cm³/mol. The lowest BCUT2D eigenvalue weighted by Crippen LogP contribution is -2.31. The SMILES string of the molecule is CCCCN(Cc1ccc(OCCn2c(O)ccc2O)c(F)c1)C(CC(=O)O)c1ccc(Cl)c(F)c1. The molecule has 2 aromatic carbocycles. The van der Waals surface area contributed by atoms with Crippen LogP contribution in [0.2, 0.25) is 5.02 Å². The number of hydrogen-bond acceptors (Lipinski definition) is 5. The zero-order valence-corrected chi connectivity index (χ0v) is 20.6. The summed E-state index contributed by atoms with van der Waals surface area (Å²) in [6, 6.07) is 10.8. The topological polar surface area (TPSA) is 95.2 Å². The molecule has 3 N–H and O–H groups in total. The van der Waals surface area contributed by atoms with Crippen molar-refractivity contribution in [2.75, 3.05) is 13.2 Å². The smallest absolute Gasteiger partial charge is 0.305 e. The number of rotatable bonds is 13. The first kappa shape index (κ1) is 27.3. The largest absolute Gasteiger partial charge is 0.494 e. The fourth-order valence-electron chi connectivity index (χ4n) is 3.97. The molecule has 0 bridgehead atoms. The maximum absolute atomic E-state index is 14.8. The van der Waals surface area contributed by atoms with Crippen LogP contribution in [0.25, 0.3) is 0 Å². The molecule has 1 atom stereocenters. The van der Waals surface area contributed by atoms with Gasteiger partial charge in [0.25, 0.3) is 0 Å². The number of hydrogen-bond donors (Lipinski definition) is 3. The fraction of sp³-hybridized carbons (Fsp3) is 0.346. The summed E-state index contributed by atoms with van der Waals surface area (Å²) in [5, 5.41) is 28.8. The van der Waals surface area contributed by atoms with E-state index in [2.05, 4.69) is 0 Å². The highest BCUT2D eigenvalue weighted by molar-refractivity contribution is 6.30. The van der Waals surface area contributed by atoms with Crippen LogP contribution in [0.1, 0.15) is 43.4 Å². The molecule has 1 heterocycles. The molecular formula is C26H29ClF2N2O5. The first-order valence-corrected chi connectivity index (χ1v) is 12.0. The number of carboxylic acid groups (broad SMARTS) is 1. The maximum Gasteiger partial charge on any atom is 0.305 e. The molecule has 0 spiro atoms. The molecule has 0 amide bonds. The maximum atomic E-state index is 14.8. The number of aromatic hydroxyl groups is 2. The second kappa shape index (κ2) is 12.6. The molecule has 0 aliphatic rings. The molecule has 0 fully saturated rings. The van der Waals surface area contributed by atoms with Crippen LogP contribution in [0, 0.1) is 11.6 Å². The minimum absolute atomic E-state index is 0.00634. The Morgan fingerprint density at radius 2 is 1.81 bits per heavy atom. The van der Waals surface area contributed by atoms with E-state index >= 15 is 0 Å². The number of aliphatic carboxylic acids is 1. The van der Waals surface area contributed by atoms with Gasteiger partial charge in [-0.2, -0.15) is 0 Å². The summed E-state index contributed by atoms with van der Waals surface area (Å²) in [6.45, 7) is 2.90. The van der Waals surface area contributed by atoms with Crippen molar-refractivity contribution in [3.8, 4) is 17.5 Å². The van der Waals surface area contributed by atoms with Gasteiger partial charge in [-0.3, -0.25) is 14.3 Å². The molecule has 0 saturated heterocycles. The second-order valence-electron chi connectivity index (χ2n) is 8.43. The number of carbonyl (C=O) groups is 1. The van der Waals surface area contributed by atoms with Crippen molar-refractivity contribution >= 4 is 17.6 Å². The molecule has 36 heavy (non-hydrogen) atoms. The van der Waals surface area contributed by atoms with Gasteiger partial charge in [-0.1, -0.05) is 37.1 Å². The van der Waals surface area contributed by atoms with Crippen molar-refractivity contribution in [3.63, 3.8) is 0 Å². The van der Waals surface area contributed by atoms with Crippen LogP contribution >= 0.6 is 11.6 Å². The van der Waals surface area contributed by atoms with Gasteiger partial charge in [0.1, 0.15) is 12.4 Å². The third kappa shape index (κ3) is 7.11. The van der Waals surface area contributed by atoms with Crippen LogP contribution in [0.4, 0.5) is 8.78 Å². The first-order chi connectivity index (χ1) is 17.2. The summed E-state index contributed by atoms with van der Waals surface area (Å²) < 4.78 is 35.7. The third-order valence-electron chi connectivity index (χ3n) is 5.83. The molecule has 10 heteroatoms. The highest BCUT2D eigenvalue weighted by Gasteiger charge is 2.24. The molecule has 0 aliphatic carbocycles. The Labute approximate surface area is 213 Å². The summed E-state index contributed by atoms with van der Waals surface area (Å²) in [5.74, 6) is -2.52. The average molecular weight is 523 g/mol. The lowest BCUT2D eigenvalue weighted by atomic mass is 10.00. The summed E-state index contributed by atoms with van der Waals surface area (Å²) in [6.07, 6.45) is 1.38. The van der Waals surface area contributed by atoms with E-state index < -0.39 is 23.6 Å². The van der Waals surface area contributed by atoms with Crippen molar-refractivity contribution in [1.29, 1.82) is 0 Å². The number of benzene rings is 2. The van der Waals surface area contributed by atoms with Crippen LogP contribution in [-0.2, 0) is 17.9 Å². The van der Waals surface area contributed by atoms with Gasteiger partial charge in [0.2, 0.25) is 0 Å². The predicted octanol–water partition coefficient (Wildman–Crippen LogP) is 5.73. The van der Waals surface area contributed by atoms with E-state index in [9.17, 15) is 28.9 Å². The van der Waals surface area contributed by atoms with Gasteiger partial charge in [-0.05, 0) is 48.4 Å². The van der Waals surface area contributed by atoms with Gasteiger partial charge in [0, 0.05) is 24.7 Å². The van der Waals surface area contributed by atoms with Gasteiger partial charge >= 0.3 is 5.97 Å². The average Bonchev–Trinajstić information content (AvgIpc) is 3.15. The Kier molecular flexibility index (Phi) is 9.55. The zero-order chi connectivity index (χ0) is 26.2. The number of halogens is 3. The molecular weight excluding hydrogens is 494 g/mol. The van der Waals surface area contributed by atoms with Crippen molar-refractivity contribution in [2.45, 2.75) is 45.3 Å². The molecule has 0 aliphatic heterocycles. The number of unbranched alkanes of at least 4 members (excludes halogenated alkanes) is 1. The summed E-state index contributed by atoms with van der Waals surface area (Å²) in [7, 11) is 0. The van der Waals surface area contributed by atoms with Crippen LogP contribution in [0.15, 0.2) is 48.5 Å². The van der Waals surface area contributed by atoms with E-state index in [0.29, 0.717) is 17.7 Å². The number of aromatic nitrogens is 1. The van der Waals surface area contributed by atoms with Gasteiger partial charge in [0.05, 0.1) is 18.0 Å². The highest BCUT2D eigenvalue weighted by Crippen LogP contribution is 2.30. The van der Waals surface area contributed by atoms with E-state index in [1.165, 1.54) is 41.0 Å². The molecule has 3 rings (SSSR count). The second-order valence-corrected chi connectivity index (χ2v) is 8.83. The Balaban J connectivity index is 1.76. The molecule has 1 aromatic heterocycles. The highest BCUT2D eigenvalue weighted by atomic mass is 35.5. The van der Waals surface area contributed by atoms with Crippen LogP contribution in [0.3, 0.4) is 0 Å². The lowest BCUT2D eigenvalue weighted by Gasteiger charge is -2.31. The number of ether oxygens (including phenoxy) is 1. The monoisotopic (exact) mass is 522 g/mol. The summed E-state index contributed by atoms with van der Waals surface area (Å²) in [5.41, 5.74) is 1.08. The standard InChI is InChI=1S/C26H29ClF2N2O5/c1-2-3-10-30(22(15-26(34)35)18-5-6-19(27)20(28)14-18)16-17-4-7-23(21(29)13-17)36-12-11-31-24(32)8-9-25(31)33/h4-9,13-14,22,32-33H,2-3,10-12,15-16H2,1H3,(H,34,35). The van der Waals surface area contributed by atoms with Crippen LogP contribution in [-0.4, -0.2) is 43.9 Å². The minimum Gasteiger partial charge on any atom is -0.494 e. The normalized spacial score (nSPS) is 12.1. The Hall–Kier alpha value is -3.30. The first-order valence-electron chi connectivity index (χ1n) is 11.6. The van der Waals surface area contributed by atoms with E-state index in [1.807, 2.05) is 11.8 Å². The van der Waals surface area contributed by atoms with Crippen molar-refractivity contribution in [1.82, 2.24) is 9.47 Å². The molecule has 7 nitrogen and oxygen atoms in total. The van der Waals surface area contributed by atoms with Crippen LogP contribution < -0.4 is 4.74 Å². The molecule has 0 radical (unpaired) electrons. The fourth-order valence-corrected chi connectivity index (χ4v) is 4.08. The Morgan fingerprint density at radius 3 is 2.42 bits per heavy atom. The summed E-state index contributed by atoms with van der Waals surface area (Å²) >= 11 is 5.81. The van der Waals surface area contributed by atoms with Gasteiger partial charge in [-0.15, -0.1) is 0 Å². The Morgan fingerprint density at radius 1 is 1.08 bits per heavy atom. The molecule has 1 unspecified atom stereocenters. The van der Waals surface area contributed by atoms with Crippen molar-refractivity contribution in [2.24, 2.45) is 0 Å². The minimum atomic E-state index is -1.04. The van der Waals surface area contributed by atoms with E-state index in [0.717, 1.165) is 12.8 Å². The van der Waals surface area contributed by atoms with Crippen molar-refractivity contribution in [3.05, 3.63) is 76.3 Å². The summed E-state index contributed by atoms with van der Waals surface area (Å²) in [4.78, 5) is 13.5. The van der Waals surface area contributed by atoms with Crippen molar-refractivity contribution < 1.29 is 33.6 Å². The Bertz CT molecular complexity index is 1170. The molecule has 194 valence electrons. The van der Waals surface area contributed by atoms with E-state index in [-0.39, 0.29) is 48.6 Å².